The van der Waals surface area contributed by atoms with E-state index in [4.69, 9.17) is 34.4 Å². The number of nitrogens with zero attached hydrogens (tertiary/aromatic N) is 2. The number of nitrogens with one attached hydrogen (secondary N) is 3. The van der Waals surface area contributed by atoms with E-state index in [0.717, 1.165) is 0 Å². The summed E-state index contributed by atoms with van der Waals surface area (Å²) in [5.74, 6) is -4.71. The van der Waals surface area contributed by atoms with E-state index in [0.29, 0.717) is 0 Å². The van der Waals surface area contributed by atoms with Crippen molar-refractivity contribution in [3.8, 4) is 0 Å². The number of carbonyl (C=O) groups is 5. The van der Waals surface area contributed by atoms with Gasteiger partial charge in [-0.25, -0.2) is 4.79 Å². The molecule has 0 saturated heterocycles. The molecule has 0 aromatic heterocycles. The molecule has 4 unspecified atom stereocenters. The highest BCUT2D eigenvalue weighted by atomic mass is 16.4. The van der Waals surface area contributed by atoms with Crippen molar-refractivity contribution >= 4 is 41.5 Å². The summed E-state index contributed by atoms with van der Waals surface area (Å²) in [6, 6.07) is -4.84. The van der Waals surface area contributed by atoms with Gasteiger partial charge in [0.1, 0.15) is 18.1 Å². The fraction of sp³-hybridized carbons (Fsp3) is 0.632. The molecule has 36 heavy (non-hydrogen) atoms. The summed E-state index contributed by atoms with van der Waals surface area (Å²) in [7, 11) is 0. The largest absolute Gasteiger partial charge is 0.480 e. The summed E-state index contributed by atoms with van der Waals surface area (Å²) < 4.78 is 0. The van der Waals surface area contributed by atoms with E-state index in [1.807, 2.05) is 0 Å². The van der Waals surface area contributed by atoms with Gasteiger partial charge in [-0.2, -0.15) is 0 Å². The van der Waals surface area contributed by atoms with Crippen molar-refractivity contribution in [1.82, 2.24) is 16.0 Å². The van der Waals surface area contributed by atoms with Crippen LogP contribution in [-0.4, -0.2) is 83.9 Å². The Morgan fingerprint density at radius 1 is 0.750 bits per heavy atom. The van der Waals surface area contributed by atoms with Crippen LogP contribution in [0.5, 0.6) is 0 Å². The van der Waals surface area contributed by atoms with Crippen molar-refractivity contribution in [3.63, 3.8) is 0 Å². The molecule has 17 nitrogen and oxygen atoms in total. The van der Waals surface area contributed by atoms with E-state index in [1.165, 1.54) is 6.92 Å². The molecule has 0 aliphatic heterocycles. The lowest BCUT2D eigenvalue weighted by Crippen LogP contribution is -2.56. The molecule has 0 aromatic carbocycles. The predicted octanol–water partition coefficient (Wildman–Crippen LogP) is -5.14. The van der Waals surface area contributed by atoms with Gasteiger partial charge in [-0.05, 0) is 32.6 Å². The maximum Gasteiger partial charge on any atom is 0.326 e. The average Bonchev–Trinajstić information content (AvgIpc) is 2.76. The Labute approximate surface area is 207 Å². The lowest BCUT2D eigenvalue weighted by Gasteiger charge is -2.23. The fourth-order valence-electron chi connectivity index (χ4n) is 2.80. The van der Waals surface area contributed by atoms with Gasteiger partial charge in [-0.1, -0.05) is 0 Å². The first-order chi connectivity index (χ1) is 16.7. The molecule has 0 aliphatic rings. The summed E-state index contributed by atoms with van der Waals surface area (Å²) in [6.07, 6.45) is 0.192. The Balaban J connectivity index is 5.29. The first-order valence-electron chi connectivity index (χ1n) is 11.0. The third kappa shape index (κ3) is 14.2. The van der Waals surface area contributed by atoms with E-state index in [1.54, 1.807) is 0 Å². The van der Waals surface area contributed by atoms with E-state index in [9.17, 15) is 29.1 Å². The van der Waals surface area contributed by atoms with Crippen molar-refractivity contribution < 1.29 is 29.1 Å². The summed E-state index contributed by atoms with van der Waals surface area (Å²) in [5.41, 5.74) is 31.6. The highest BCUT2D eigenvalue weighted by Crippen LogP contribution is 2.04. The van der Waals surface area contributed by atoms with Gasteiger partial charge in [0.25, 0.3) is 0 Å². The third-order valence-corrected chi connectivity index (χ3v) is 4.65. The van der Waals surface area contributed by atoms with Gasteiger partial charge < -0.3 is 55.5 Å². The SMILES string of the molecule is CC(NC(=O)C(N)CC(N)=O)C(=O)NC(CCCN=C(N)N)C(=O)NC(CCCN=C(N)N)C(=O)O. The standard InChI is InChI=1S/C19H37N11O6/c1-9(28-15(33)10(20)8-13(21)31)14(32)29-11(4-2-6-26-18(22)23)16(34)30-12(17(35)36)5-3-7-27-19(24)25/h9-12H,2-8,20H2,1H3,(H2,21,31)(H,28,33)(H,29,32)(H,30,34)(H,35,36)(H4,22,23,26)(H4,24,25,27). The number of carboxylic acids is 1. The maximum atomic E-state index is 12.8. The number of carboxylic acid groups (broad SMARTS) is 1. The number of amides is 4. The van der Waals surface area contributed by atoms with Gasteiger partial charge in [0.2, 0.25) is 23.6 Å². The fourth-order valence-corrected chi connectivity index (χ4v) is 2.80. The topological polar surface area (TPSA) is 323 Å². The van der Waals surface area contributed by atoms with Crippen LogP contribution in [-0.2, 0) is 24.0 Å². The van der Waals surface area contributed by atoms with Gasteiger partial charge in [0.15, 0.2) is 11.9 Å². The van der Waals surface area contributed by atoms with E-state index in [2.05, 4.69) is 25.9 Å². The van der Waals surface area contributed by atoms with Gasteiger partial charge in [-0.3, -0.25) is 29.2 Å². The summed E-state index contributed by atoms with van der Waals surface area (Å²) >= 11 is 0. The number of primary amides is 1. The first kappa shape index (κ1) is 31.8. The van der Waals surface area contributed by atoms with E-state index < -0.39 is 60.2 Å². The lowest BCUT2D eigenvalue weighted by molar-refractivity contribution is -0.142. The minimum atomic E-state index is -1.29. The van der Waals surface area contributed by atoms with Crippen LogP contribution in [0.2, 0.25) is 0 Å². The monoisotopic (exact) mass is 515 g/mol. The quantitative estimate of drug-likeness (QED) is 0.0495. The number of carbonyl (C=O) groups excluding carboxylic acids is 4. The zero-order valence-corrected chi connectivity index (χ0v) is 20.1. The van der Waals surface area contributed by atoms with Crippen molar-refractivity contribution in [2.45, 2.75) is 63.2 Å². The number of rotatable bonds is 17. The average molecular weight is 516 g/mol. The van der Waals surface area contributed by atoms with Crippen LogP contribution >= 0.6 is 0 Å². The van der Waals surface area contributed by atoms with E-state index in [-0.39, 0.29) is 50.7 Å². The van der Waals surface area contributed by atoms with Gasteiger partial charge in [0, 0.05) is 13.1 Å². The number of nitrogens with two attached hydrogens (primary N) is 6. The van der Waals surface area contributed by atoms with Crippen molar-refractivity contribution in [1.29, 1.82) is 0 Å². The van der Waals surface area contributed by atoms with Gasteiger partial charge in [0.05, 0.1) is 12.5 Å². The van der Waals surface area contributed by atoms with Crippen LogP contribution < -0.4 is 50.4 Å². The molecule has 0 rings (SSSR count). The lowest BCUT2D eigenvalue weighted by atomic mass is 10.1. The molecule has 0 bridgehead atoms. The molecular weight excluding hydrogens is 478 g/mol. The number of hydrogen-bond acceptors (Lipinski definition) is 8. The first-order valence-corrected chi connectivity index (χ1v) is 11.0. The highest BCUT2D eigenvalue weighted by molar-refractivity contribution is 5.94. The molecule has 16 N–H and O–H groups in total. The number of aliphatic imine (C=N–C) groups is 2. The van der Waals surface area contributed by atoms with Crippen LogP contribution in [0.1, 0.15) is 39.0 Å². The minimum Gasteiger partial charge on any atom is -0.480 e. The molecule has 0 aromatic rings. The van der Waals surface area contributed by atoms with Crippen LogP contribution in [0, 0.1) is 0 Å². The molecule has 204 valence electrons. The predicted molar refractivity (Wildman–Crippen MR) is 131 cm³/mol. The highest BCUT2D eigenvalue weighted by Gasteiger charge is 2.28. The van der Waals surface area contributed by atoms with Gasteiger partial charge in [-0.15, -0.1) is 0 Å². The Hall–Kier alpha value is -4.15. The Morgan fingerprint density at radius 2 is 1.22 bits per heavy atom. The molecule has 4 amide bonds. The molecule has 4 atom stereocenters. The zero-order chi connectivity index (χ0) is 27.8. The molecule has 0 radical (unpaired) electrons. The smallest absolute Gasteiger partial charge is 0.326 e. The molecule has 0 spiro atoms. The second kappa shape index (κ2) is 16.5. The maximum absolute atomic E-state index is 12.8. The summed E-state index contributed by atoms with van der Waals surface area (Å²) in [4.78, 5) is 67.6. The van der Waals surface area contributed by atoms with Crippen LogP contribution in [0.15, 0.2) is 9.98 Å². The Bertz CT molecular complexity index is 840. The van der Waals surface area contributed by atoms with Gasteiger partial charge >= 0.3 is 5.97 Å². The second-order valence-electron chi connectivity index (χ2n) is 7.87. The zero-order valence-electron chi connectivity index (χ0n) is 20.1. The number of guanidine groups is 2. The molecular formula is C19H37N11O6. The second-order valence-corrected chi connectivity index (χ2v) is 7.87. The van der Waals surface area contributed by atoms with Crippen molar-refractivity contribution in [2.75, 3.05) is 13.1 Å². The normalized spacial score (nSPS) is 13.7. The summed E-state index contributed by atoms with van der Waals surface area (Å²) in [5, 5.41) is 16.6. The minimum absolute atomic E-state index is 0.0245. The molecule has 0 saturated carbocycles. The van der Waals surface area contributed by atoms with Crippen LogP contribution in [0.3, 0.4) is 0 Å². The van der Waals surface area contributed by atoms with Crippen LogP contribution in [0.4, 0.5) is 0 Å². The molecule has 0 fully saturated rings. The Kier molecular flexibility index (Phi) is 14.6. The molecule has 17 heteroatoms. The summed E-state index contributed by atoms with van der Waals surface area (Å²) in [6.45, 7) is 1.65. The number of aliphatic carboxylic acids is 1. The Morgan fingerprint density at radius 3 is 1.67 bits per heavy atom. The van der Waals surface area contributed by atoms with Crippen LogP contribution in [0.25, 0.3) is 0 Å². The molecule has 0 heterocycles. The van der Waals surface area contributed by atoms with Crippen molar-refractivity contribution in [3.05, 3.63) is 0 Å². The number of hydrogen-bond donors (Lipinski definition) is 10. The third-order valence-electron chi connectivity index (χ3n) is 4.65. The van der Waals surface area contributed by atoms with E-state index >= 15 is 0 Å². The van der Waals surface area contributed by atoms with Crippen molar-refractivity contribution in [2.24, 2.45) is 44.4 Å². The molecule has 0 aliphatic carbocycles.